The van der Waals surface area contributed by atoms with Gasteiger partial charge in [0.1, 0.15) is 0 Å². The molecule has 0 aromatic rings. The molecule has 0 N–H and O–H groups in total. The maximum atomic E-state index is 12.1. The zero-order valence-corrected chi connectivity index (χ0v) is 15.1. The Hall–Kier alpha value is -1.10. The first-order valence-corrected chi connectivity index (χ1v) is 10.1. The lowest BCUT2D eigenvalue weighted by molar-refractivity contribution is -0.118. The largest absolute Gasteiger partial charge is 0.295 e. The molecule has 0 aliphatic heterocycles. The van der Waals surface area contributed by atoms with Gasteiger partial charge >= 0.3 is 0 Å². The lowest BCUT2D eigenvalue weighted by Crippen LogP contribution is -2.53. The Morgan fingerprint density at radius 3 is 2.58 bits per heavy atom. The predicted molar refractivity (Wildman–Crippen MR) is 92.9 cm³/mol. The van der Waals surface area contributed by atoms with Crippen LogP contribution in [0.15, 0.2) is 11.6 Å². The summed E-state index contributed by atoms with van der Waals surface area (Å²) >= 11 is 0. The monoisotopic (exact) mass is 323 g/mol. The second-order valence-electron chi connectivity index (χ2n) is 10.1. The van der Waals surface area contributed by atoms with Crippen LogP contribution >= 0.6 is 0 Å². The fourth-order valence-electron chi connectivity index (χ4n) is 7.82. The van der Waals surface area contributed by atoms with E-state index in [1.807, 2.05) is 0 Å². The van der Waals surface area contributed by atoms with E-state index in [1.54, 1.807) is 5.57 Å². The van der Waals surface area contributed by atoms with Crippen molar-refractivity contribution in [3.05, 3.63) is 11.6 Å². The summed E-state index contributed by atoms with van der Waals surface area (Å²) in [5.41, 5.74) is 2.44. The van der Waals surface area contributed by atoms with Gasteiger partial charge in [-0.05, 0) is 91.4 Å². The third-order valence-electron chi connectivity index (χ3n) is 9.27. The highest BCUT2D eigenvalue weighted by molar-refractivity contribution is 5.92. The van der Waals surface area contributed by atoms with Crippen molar-refractivity contribution < 1.29 is 4.79 Å². The van der Waals surface area contributed by atoms with Crippen LogP contribution in [-0.4, -0.2) is 5.78 Å². The minimum atomic E-state index is 0.258. The number of hydrogen-bond donors (Lipinski definition) is 0. The summed E-state index contributed by atoms with van der Waals surface area (Å²) in [4.78, 5) is 12.1. The summed E-state index contributed by atoms with van der Waals surface area (Å²) < 4.78 is 0. The smallest absolute Gasteiger partial charge is 0.155 e. The second-order valence-corrected chi connectivity index (χ2v) is 10.1. The molecule has 2 unspecified atom stereocenters. The van der Waals surface area contributed by atoms with Crippen molar-refractivity contribution in [2.75, 3.05) is 0 Å². The highest BCUT2D eigenvalue weighted by Crippen LogP contribution is 2.74. The summed E-state index contributed by atoms with van der Waals surface area (Å²) in [5.74, 6) is 2.93. The minimum Gasteiger partial charge on any atom is -0.295 e. The van der Waals surface area contributed by atoms with Crippen molar-refractivity contribution in [2.45, 2.75) is 71.6 Å². The molecule has 2 nitrogen and oxygen atoms in total. The molecule has 0 saturated heterocycles. The summed E-state index contributed by atoms with van der Waals surface area (Å²) in [6.07, 6.45) is 12.7. The molecular weight excluding hydrogens is 294 g/mol. The third kappa shape index (κ3) is 1.69. The molecule has 0 heterocycles. The highest BCUT2D eigenvalue weighted by atomic mass is 16.1. The van der Waals surface area contributed by atoms with Crippen LogP contribution < -0.4 is 0 Å². The van der Waals surface area contributed by atoms with E-state index in [2.05, 4.69) is 26.0 Å². The van der Waals surface area contributed by atoms with E-state index in [9.17, 15) is 10.1 Å². The van der Waals surface area contributed by atoms with Gasteiger partial charge in [-0.1, -0.05) is 19.4 Å². The number of hydrogen-bond acceptors (Lipinski definition) is 2. The fraction of sp³-hybridized carbons (Fsp3) is 0.818. The molecule has 0 bridgehead atoms. The van der Waals surface area contributed by atoms with E-state index >= 15 is 0 Å². The molecule has 6 atom stereocenters. The first-order valence-electron chi connectivity index (χ1n) is 10.1. The first kappa shape index (κ1) is 15.2. The molecular formula is C22H29NO. The predicted octanol–water partition coefficient (Wildman–Crippen LogP) is 5.05. The molecule has 0 aromatic carbocycles. The summed E-state index contributed by atoms with van der Waals surface area (Å²) in [6, 6.07) is 2.65. The fourth-order valence-corrected chi connectivity index (χ4v) is 7.82. The van der Waals surface area contributed by atoms with Crippen molar-refractivity contribution in [3.8, 4) is 6.07 Å². The number of ketones is 1. The van der Waals surface area contributed by atoms with Crippen molar-refractivity contribution in [3.63, 3.8) is 0 Å². The van der Waals surface area contributed by atoms with Gasteiger partial charge in [-0.3, -0.25) is 4.79 Å². The van der Waals surface area contributed by atoms with Crippen LogP contribution in [-0.2, 0) is 4.79 Å². The zero-order chi connectivity index (χ0) is 16.7. The van der Waals surface area contributed by atoms with Gasteiger partial charge in [0.2, 0.25) is 0 Å². The molecule has 2 heteroatoms. The minimum absolute atomic E-state index is 0.258. The Kier molecular flexibility index (Phi) is 2.87. The average molecular weight is 323 g/mol. The number of carbonyl (C=O) groups excluding carboxylic acids is 1. The lowest BCUT2D eigenvalue weighted by atomic mass is 9.44. The summed E-state index contributed by atoms with van der Waals surface area (Å²) in [7, 11) is 0. The number of nitriles is 1. The van der Waals surface area contributed by atoms with Gasteiger partial charge in [-0.15, -0.1) is 0 Å². The summed E-state index contributed by atoms with van der Waals surface area (Å²) in [5, 5.41) is 9.65. The van der Waals surface area contributed by atoms with Crippen LogP contribution in [0.25, 0.3) is 0 Å². The standard InChI is InChI=1S/C22H29NO/c1-20-8-6-18-16(17(20)4-3-14(20)13-23)12-22(9-10-22)19-11-15(24)5-7-21(18,19)2/h11,14,16-18H,3-10,12H2,1-2H3/t14?,16-,17-,18-,20+,21?/m0/s1. The number of nitrogens with zero attached hydrogens (tertiary/aromatic N) is 1. The van der Waals surface area contributed by atoms with Gasteiger partial charge in [0.15, 0.2) is 5.78 Å². The number of fused-ring (bicyclic) bond motifs is 6. The Balaban J connectivity index is 1.58. The van der Waals surface area contributed by atoms with Crippen molar-refractivity contribution in [1.29, 1.82) is 5.26 Å². The molecule has 128 valence electrons. The van der Waals surface area contributed by atoms with Crippen molar-refractivity contribution in [2.24, 2.45) is 39.9 Å². The van der Waals surface area contributed by atoms with E-state index in [0.717, 1.165) is 37.0 Å². The normalized spacial score (nSPS) is 51.2. The Bertz CT molecular complexity index is 681. The van der Waals surface area contributed by atoms with Crippen molar-refractivity contribution in [1.82, 2.24) is 0 Å². The highest BCUT2D eigenvalue weighted by Gasteiger charge is 2.66. The van der Waals surface area contributed by atoms with Crippen molar-refractivity contribution >= 4 is 5.78 Å². The van der Waals surface area contributed by atoms with E-state index in [-0.39, 0.29) is 16.7 Å². The van der Waals surface area contributed by atoms with Gasteiger partial charge in [-0.25, -0.2) is 0 Å². The van der Waals surface area contributed by atoms with Gasteiger partial charge in [0.05, 0.1) is 12.0 Å². The lowest BCUT2D eigenvalue weighted by Gasteiger charge is -2.60. The average Bonchev–Trinajstić information content (AvgIpc) is 3.23. The van der Waals surface area contributed by atoms with Crippen LogP contribution in [0.4, 0.5) is 0 Å². The van der Waals surface area contributed by atoms with E-state index in [1.165, 1.54) is 38.5 Å². The topological polar surface area (TPSA) is 40.9 Å². The SMILES string of the molecule is CC12CCC(=O)C=C1C1(CC1)C[C@@H]1[C@@H]2CC[C@]2(C)C(C#N)CC[C@@H]12. The number of rotatable bonds is 0. The Morgan fingerprint density at radius 2 is 1.88 bits per heavy atom. The van der Waals surface area contributed by atoms with Gasteiger partial charge in [0, 0.05) is 6.42 Å². The molecule has 0 aromatic heterocycles. The maximum Gasteiger partial charge on any atom is 0.155 e. The van der Waals surface area contributed by atoms with Crippen LogP contribution in [0, 0.1) is 51.2 Å². The third-order valence-corrected chi connectivity index (χ3v) is 9.27. The quantitative estimate of drug-likeness (QED) is 0.626. The van der Waals surface area contributed by atoms with Gasteiger partial charge in [-0.2, -0.15) is 5.26 Å². The van der Waals surface area contributed by atoms with Gasteiger partial charge < -0.3 is 0 Å². The molecule has 5 aliphatic carbocycles. The molecule has 5 aliphatic rings. The molecule has 5 rings (SSSR count). The Labute approximate surface area is 145 Å². The van der Waals surface area contributed by atoms with Crippen LogP contribution in [0.1, 0.15) is 71.6 Å². The molecule has 4 fully saturated rings. The molecule has 4 saturated carbocycles. The maximum absolute atomic E-state index is 12.1. The molecule has 0 radical (unpaired) electrons. The van der Waals surface area contributed by atoms with Crippen LogP contribution in [0.2, 0.25) is 0 Å². The molecule has 24 heavy (non-hydrogen) atoms. The van der Waals surface area contributed by atoms with E-state index in [4.69, 9.17) is 0 Å². The zero-order valence-electron chi connectivity index (χ0n) is 15.1. The Morgan fingerprint density at radius 1 is 1.08 bits per heavy atom. The van der Waals surface area contributed by atoms with E-state index in [0.29, 0.717) is 11.2 Å². The number of carbonyl (C=O) groups is 1. The van der Waals surface area contributed by atoms with E-state index < -0.39 is 0 Å². The number of allylic oxidation sites excluding steroid dienone is 1. The summed E-state index contributed by atoms with van der Waals surface area (Å²) in [6.45, 7) is 4.91. The first-order chi connectivity index (χ1) is 11.4. The van der Waals surface area contributed by atoms with Gasteiger partial charge in [0.25, 0.3) is 0 Å². The molecule has 0 amide bonds. The van der Waals surface area contributed by atoms with Crippen LogP contribution in [0.5, 0.6) is 0 Å². The molecule has 1 spiro atoms. The second kappa shape index (κ2) is 4.54. The van der Waals surface area contributed by atoms with Crippen LogP contribution in [0.3, 0.4) is 0 Å².